The summed E-state index contributed by atoms with van der Waals surface area (Å²) in [5.74, 6) is 0. The molecule has 1 aliphatic carbocycles. The average molecular weight is 288 g/mol. The number of ether oxygens (including phenoxy) is 1. The van der Waals surface area contributed by atoms with Crippen molar-refractivity contribution in [2.45, 2.75) is 38.4 Å². The van der Waals surface area contributed by atoms with Crippen LogP contribution in [0.4, 0.5) is 0 Å². The van der Waals surface area contributed by atoms with Crippen molar-refractivity contribution in [3.8, 4) is 6.07 Å². The Morgan fingerprint density at radius 1 is 1.48 bits per heavy atom. The second-order valence-electron chi connectivity index (χ2n) is 5.55. The third kappa shape index (κ3) is 4.53. The fraction of sp³-hybridized carbons (Fsp3) is 0.588. The topological polar surface area (TPSA) is 56.5 Å². The normalized spacial score (nSPS) is 19.0. The van der Waals surface area contributed by atoms with Crippen molar-refractivity contribution < 1.29 is 9.84 Å². The van der Waals surface area contributed by atoms with Gasteiger partial charge in [-0.1, -0.05) is 31.2 Å². The van der Waals surface area contributed by atoms with E-state index >= 15 is 0 Å². The summed E-state index contributed by atoms with van der Waals surface area (Å²) >= 11 is 0. The number of hydrogen-bond donors (Lipinski definition) is 1. The monoisotopic (exact) mass is 288 g/mol. The summed E-state index contributed by atoms with van der Waals surface area (Å²) < 4.78 is 5.94. The molecule has 0 radical (unpaired) electrons. The zero-order valence-electron chi connectivity index (χ0n) is 12.7. The minimum Gasteiger partial charge on any atom is -0.389 e. The molecule has 0 fully saturated rings. The third-order valence-electron chi connectivity index (χ3n) is 4.01. The molecule has 0 amide bonds. The summed E-state index contributed by atoms with van der Waals surface area (Å²) in [5, 5.41) is 18.8. The molecule has 1 aliphatic rings. The molecular formula is C17H24N2O2. The minimum absolute atomic E-state index is 0.0932. The molecule has 0 aliphatic heterocycles. The van der Waals surface area contributed by atoms with Crippen molar-refractivity contribution >= 4 is 0 Å². The number of nitriles is 1. The second kappa shape index (κ2) is 8.14. The van der Waals surface area contributed by atoms with Crippen LogP contribution in [0.25, 0.3) is 0 Å². The number of fused-ring (bicyclic) bond motifs is 1. The Morgan fingerprint density at radius 2 is 2.29 bits per heavy atom. The molecule has 0 heterocycles. The molecule has 2 unspecified atom stereocenters. The van der Waals surface area contributed by atoms with Crippen molar-refractivity contribution in [1.29, 1.82) is 5.26 Å². The van der Waals surface area contributed by atoms with Gasteiger partial charge in [0.2, 0.25) is 0 Å². The molecule has 0 aromatic heterocycles. The van der Waals surface area contributed by atoms with E-state index in [0.29, 0.717) is 19.7 Å². The van der Waals surface area contributed by atoms with E-state index in [1.807, 2.05) is 17.9 Å². The molecular weight excluding hydrogens is 264 g/mol. The number of aryl methyl sites for hydroxylation is 1. The SMILES string of the molecule is CCN(CC#N)CC(O)COC1CCCc2ccccc21. The Bertz CT molecular complexity index is 484. The Balaban J connectivity index is 1.85. The third-order valence-corrected chi connectivity index (χ3v) is 4.01. The molecule has 0 saturated heterocycles. The van der Waals surface area contributed by atoms with E-state index < -0.39 is 6.10 Å². The lowest BCUT2D eigenvalue weighted by Crippen LogP contribution is -2.35. The van der Waals surface area contributed by atoms with E-state index in [4.69, 9.17) is 10.00 Å². The van der Waals surface area contributed by atoms with Crippen LogP contribution in [0.2, 0.25) is 0 Å². The Labute approximate surface area is 127 Å². The highest BCUT2D eigenvalue weighted by atomic mass is 16.5. The van der Waals surface area contributed by atoms with Crippen LogP contribution in [-0.2, 0) is 11.2 Å². The van der Waals surface area contributed by atoms with Crippen LogP contribution >= 0.6 is 0 Å². The van der Waals surface area contributed by atoms with Gasteiger partial charge in [0, 0.05) is 6.54 Å². The maximum Gasteiger partial charge on any atom is 0.0900 e. The van der Waals surface area contributed by atoms with E-state index in [2.05, 4.69) is 24.3 Å². The predicted molar refractivity (Wildman–Crippen MR) is 81.8 cm³/mol. The van der Waals surface area contributed by atoms with E-state index in [0.717, 1.165) is 25.8 Å². The number of hydrogen-bond acceptors (Lipinski definition) is 4. The number of aliphatic hydroxyl groups is 1. The summed E-state index contributed by atoms with van der Waals surface area (Å²) in [5.41, 5.74) is 2.63. The zero-order chi connectivity index (χ0) is 15.1. The van der Waals surface area contributed by atoms with E-state index in [1.165, 1.54) is 11.1 Å². The quantitative estimate of drug-likeness (QED) is 0.782. The molecule has 2 atom stereocenters. The summed E-state index contributed by atoms with van der Waals surface area (Å²) in [6, 6.07) is 10.5. The van der Waals surface area contributed by atoms with Gasteiger partial charge in [-0.05, 0) is 36.9 Å². The van der Waals surface area contributed by atoms with Crippen molar-refractivity contribution in [3.05, 3.63) is 35.4 Å². The lowest BCUT2D eigenvalue weighted by atomic mass is 9.89. The fourth-order valence-corrected chi connectivity index (χ4v) is 2.87. The highest BCUT2D eigenvalue weighted by Gasteiger charge is 2.21. The number of aliphatic hydroxyl groups excluding tert-OH is 1. The van der Waals surface area contributed by atoms with E-state index in [9.17, 15) is 5.11 Å². The molecule has 0 spiro atoms. The van der Waals surface area contributed by atoms with Crippen LogP contribution in [0.3, 0.4) is 0 Å². The smallest absolute Gasteiger partial charge is 0.0900 e. The maximum atomic E-state index is 10.1. The average Bonchev–Trinajstić information content (AvgIpc) is 2.52. The zero-order valence-corrected chi connectivity index (χ0v) is 12.7. The summed E-state index contributed by atoms with van der Waals surface area (Å²) in [7, 11) is 0. The predicted octanol–water partition coefficient (Wildman–Crippen LogP) is 2.29. The van der Waals surface area contributed by atoms with Crippen LogP contribution in [0.15, 0.2) is 24.3 Å². The first-order valence-electron chi connectivity index (χ1n) is 7.71. The van der Waals surface area contributed by atoms with Crippen LogP contribution in [0, 0.1) is 11.3 Å². The van der Waals surface area contributed by atoms with Crippen LogP contribution < -0.4 is 0 Å². The molecule has 114 valence electrons. The first-order valence-corrected chi connectivity index (χ1v) is 7.71. The Hall–Kier alpha value is -1.41. The molecule has 4 nitrogen and oxygen atoms in total. The van der Waals surface area contributed by atoms with Gasteiger partial charge >= 0.3 is 0 Å². The number of benzene rings is 1. The summed E-state index contributed by atoms with van der Waals surface area (Å²) in [4.78, 5) is 1.92. The van der Waals surface area contributed by atoms with Gasteiger partial charge in [0.25, 0.3) is 0 Å². The first-order chi connectivity index (χ1) is 10.2. The Morgan fingerprint density at radius 3 is 3.05 bits per heavy atom. The Kier molecular flexibility index (Phi) is 6.19. The maximum absolute atomic E-state index is 10.1. The standard InChI is InChI=1S/C17H24N2O2/c1-2-19(11-10-18)12-15(20)13-21-17-9-5-7-14-6-3-4-8-16(14)17/h3-4,6,8,15,17,20H,2,5,7,9,11-13H2,1H3. The molecule has 21 heavy (non-hydrogen) atoms. The number of likely N-dealkylation sites (N-methyl/N-ethyl adjacent to an activating group) is 1. The van der Waals surface area contributed by atoms with E-state index in [-0.39, 0.29) is 6.10 Å². The molecule has 2 rings (SSSR count). The molecule has 1 aromatic rings. The van der Waals surface area contributed by atoms with Crippen LogP contribution in [0.5, 0.6) is 0 Å². The molecule has 0 bridgehead atoms. The molecule has 0 saturated carbocycles. The first kappa shape index (κ1) is 16.0. The van der Waals surface area contributed by atoms with Gasteiger partial charge in [-0.15, -0.1) is 0 Å². The van der Waals surface area contributed by atoms with Gasteiger partial charge < -0.3 is 9.84 Å². The highest BCUT2D eigenvalue weighted by molar-refractivity contribution is 5.31. The van der Waals surface area contributed by atoms with Gasteiger partial charge in [0.15, 0.2) is 0 Å². The summed E-state index contributed by atoms with van der Waals surface area (Å²) in [6.45, 7) is 3.90. The van der Waals surface area contributed by atoms with Crippen LogP contribution in [0.1, 0.15) is 37.0 Å². The molecule has 1 N–H and O–H groups in total. The van der Waals surface area contributed by atoms with Crippen molar-refractivity contribution in [1.82, 2.24) is 4.90 Å². The van der Waals surface area contributed by atoms with Gasteiger partial charge in [0.1, 0.15) is 0 Å². The molecule has 1 aromatic carbocycles. The number of nitrogens with zero attached hydrogens (tertiary/aromatic N) is 2. The van der Waals surface area contributed by atoms with Gasteiger partial charge in [-0.25, -0.2) is 0 Å². The van der Waals surface area contributed by atoms with Gasteiger partial charge in [-0.2, -0.15) is 5.26 Å². The molecule has 4 heteroatoms. The van der Waals surface area contributed by atoms with E-state index in [1.54, 1.807) is 0 Å². The van der Waals surface area contributed by atoms with Gasteiger partial charge in [-0.3, -0.25) is 4.90 Å². The lowest BCUT2D eigenvalue weighted by molar-refractivity contribution is -0.0266. The fourth-order valence-electron chi connectivity index (χ4n) is 2.87. The van der Waals surface area contributed by atoms with Crippen LogP contribution in [-0.4, -0.2) is 42.4 Å². The van der Waals surface area contributed by atoms with Gasteiger partial charge in [0.05, 0.1) is 31.4 Å². The van der Waals surface area contributed by atoms with Crippen molar-refractivity contribution in [2.24, 2.45) is 0 Å². The lowest BCUT2D eigenvalue weighted by Gasteiger charge is -2.27. The van der Waals surface area contributed by atoms with Crippen molar-refractivity contribution in [2.75, 3.05) is 26.2 Å². The summed E-state index contributed by atoms with van der Waals surface area (Å²) in [6.07, 6.45) is 2.81. The number of rotatable bonds is 7. The second-order valence-corrected chi connectivity index (χ2v) is 5.55. The highest BCUT2D eigenvalue weighted by Crippen LogP contribution is 2.32. The minimum atomic E-state index is -0.549. The van der Waals surface area contributed by atoms with Crippen molar-refractivity contribution in [3.63, 3.8) is 0 Å². The largest absolute Gasteiger partial charge is 0.389 e.